The van der Waals surface area contributed by atoms with Gasteiger partial charge in [0.25, 0.3) is 0 Å². The van der Waals surface area contributed by atoms with Crippen molar-refractivity contribution in [1.82, 2.24) is 0 Å². The fraction of sp³-hybridized carbons (Fsp3) is 0.400. The third-order valence-electron chi connectivity index (χ3n) is 2.26. The van der Waals surface area contributed by atoms with Crippen LogP contribution in [0.15, 0.2) is 28.7 Å². The minimum Gasteiger partial charge on any atom is -0.329 e. The molecule has 0 saturated heterocycles. The van der Waals surface area contributed by atoms with Gasteiger partial charge in [-0.2, -0.15) is 0 Å². The normalized spacial score (nSPS) is 13.8. The standard InChI is InChI=1S/C10H14BrNO2S/c1-8(6-12)15(13,14)7-9-4-2-3-5-10(9)11/h2-5,8H,6-7,12H2,1H3. The Kier molecular flexibility index (Phi) is 4.31. The van der Waals surface area contributed by atoms with Crippen LogP contribution < -0.4 is 5.73 Å². The van der Waals surface area contributed by atoms with Gasteiger partial charge in [0, 0.05) is 11.0 Å². The maximum Gasteiger partial charge on any atom is 0.158 e. The van der Waals surface area contributed by atoms with Crippen molar-refractivity contribution >= 4 is 25.8 Å². The molecule has 1 aromatic carbocycles. The molecular formula is C10H14BrNO2S. The summed E-state index contributed by atoms with van der Waals surface area (Å²) in [5, 5.41) is -0.496. The number of sulfone groups is 1. The molecule has 2 N–H and O–H groups in total. The zero-order valence-corrected chi connectivity index (χ0v) is 10.9. The first-order chi connectivity index (χ1) is 6.97. The molecule has 15 heavy (non-hydrogen) atoms. The maximum absolute atomic E-state index is 11.8. The molecule has 0 aliphatic carbocycles. The molecule has 1 atom stereocenters. The van der Waals surface area contributed by atoms with E-state index in [-0.39, 0.29) is 12.3 Å². The van der Waals surface area contributed by atoms with Gasteiger partial charge in [0.1, 0.15) is 0 Å². The van der Waals surface area contributed by atoms with E-state index in [1.165, 1.54) is 0 Å². The van der Waals surface area contributed by atoms with Gasteiger partial charge in [0.2, 0.25) is 0 Å². The Morgan fingerprint density at radius 2 is 2.00 bits per heavy atom. The SMILES string of the molecule is CC(CN)S(=O)(=O)Cc1ccccc1Br. The molecule has 0 fully saturated rings. The number of hydrogen-bond donors (Lipinski definition) is 1. The van der Waals surface area contributed by atoms with E-state index in [4.69, 9.17) is 5.73 Å². The first-order valence-electron chi connectivity index (χ1n) is 4.62. The minimum atomic E-state index is -3.14. The third kappa shape index (κ3) is 3.29. The van der Waals surface area contributed by atoms with Crippen molar-refractivity contribution in [1.29, 1.82) is 0 Å². The molecule has 0 saturated carbocycles. The van der Waals surface area contributed by atoms with E-state index >= 15 is 0 Å². The zero-order valence-electron chi connectivity index (χ0n) is 8.48. The topological polar surface area (TPSA) is 60.2 Å². The molecule has 0 bridgehead atoms. The second-order valence-electron chi connectivity index (χ2n) is 3.44. The van der Waals surface area contributed by atoms with Crippen molar-refractivity contribution in [2.24, 2.45) is 5.73 Å². The molecule has 1 aromatic rings. The van der Waals surface area contributed by atoms with Crippen LogP contribution in [-0.2, 0) is 15.6 Å². The molecule has 84 valence electrons. The third-order valence-corrected chi connectivity index (χ3v) is 5.17. The summed E-state index contributed by atoms with van der Waals surface area (Å²) in [5.41, 5.74) is 6.13. The lowest BCUT2D eigenvalue weighted by atomic mass is 10.2. The summed E-state index contributed by atoms with van der Waals surface area (Å²) in [6, 6.07) is 7.30. The van der Waals surface area contributed by atoms with Crippen LogP contribution in [0.25, 0.3) is 0 Å². The fourth-order valence-corrected chi connectivity index (χ4v) is 2.99. The van der Waals surface area contributed by atoms with Crippen LogP contribution in [0.4, 0.5) is 0 Å². The average Bonchev–Trinajstić information content (AvgIpc) is 2.20. The summed E-state index contributed by atoms with van der Waals surface area (Å²) in [5.74, 6) is 0.0345. The van der Waals surface area contributed by atoms with Gasteiger partial charge >= 0.3 is 0 Å². The van der Waals surface area contributed by atoms with E-state index in [0.717, 1.165) is 10.0 Å². The van der Waals surface area contributed by atoms with Gasteiger partial charge in [0.15, 0.2) is 9.84 Å². The number of rotatable bonds is 4. The first kappa shape index (κ1) is 12.7. The lowest BCUT2D eigenvalue weighted by Gasteiger charge is -2.11. The Bertz CT molecular complexity index is 431. The van der Waals surface area contributed by atoms with E-state index in [1.54, 1.807) is 13.0 Å². The lowest BCUT2D eigenvalue weighted by Crippen LogP contribution is -2.27. The van der Waals surface area contributed by atoms with Crippen molar-refractivity contribution in [2.45, 2.75) is 17.9 Å². The highest BCUT2D eigenvalue weighted by Crippen LogP contribution is 2.19. The number of halogens is 1. The molecule has 0 aliphatic heterocycles. The van der Waals surface area contributed by atoms with Crippen LogP contribution in [0, 0.1) is 0 Å². The monoisotopic (exact) mass is 291 g/mol. The highest BCUT2D eigenvalue weighted by molar-refractivity contribution is 9.10. The molecule has 5 heteroatoms. The van der Waals surface area contributed by atoms with Crippen LogP contribution in [0.2, 0.25) is 0 Å². The van der Waals surface area contributed by atoms with Crippen LogP contribution in [-0.4, -0.2) is 20.2 Å². The van der Waals surface area contributed by atoms with Crippen molar-refractivity contribution in [3.63, 3.8) is 0 Å². The summed E-state index contributed by atoms with van der Waals surface area (Å²) in [6.07, 6.45) is 0. The van der Waals surface area contributed by atoms with Crippen molar-refractivity contribution in [3.8, 4) is 0 Å². The van der Waals surface area contributed by atoms with E-state index in [0.29, 0.717) is 0 Å². The predicted molar refractivity (Wildman–Crippen MR) is 65.3 cm³/mol. The maximum atomic E-state index is 11.8. The van der Waals surface area contributed by atoms with E-state index < -0.39 is 15.1 Å². The van der Waals surface area contributed by atoms with Crippen molar-refractivity contribution in [2.75, 3.05) is 6.54 Å². The fourth-order valence-electron chi connectivity index (χ4n) is 1.12. The second-order valence-corrected chi connectivity index (χ2v) is 6.72. The van der Waals surface area contributed by atoms with Gasteiger partial charge in [-0.05, 0) is 18.6 Å². The van der Waals surface area contributed by atoms with Crippen molar-refractivity contribution in [3.05, 3.63) is 34.3 Å². The summed E-state index contributed by atoms with van der Waals surface area (Å²) >= 11 is 3.32. The zero-order chi connectivity index (χ0) is 11.5. The predicted octanol–water partition coefficient (Wildman–Crippen LogP) is 1.71. The highest BCUT2D eigenvalue weighted by atomic mass is 79.9. The summed E-state index contributed by atoms with van der Waals surface area (Å²) in [7, 11) is -3.14. The van der Waals surface area contributed by atoms with Crippen LogP contribution >= 0.6 is 15.9 Å². The molecule has 0 radical (unpaired) electrons. The van der Waals surface area contributed by atoms with Crippen LogP contribution in [0.1, 0.15) is 12.5 Å². The van der Waals surface area contributed by atoms with Gasteiger partial charge in [0.05, 0.1) is 11.0 Å². The molecular weight excluding hydrogens is 278 g/mol. The minimum absolute atomic E-state index is 0.0345. The molecule has 0 heterocycles. The summed E-state index contributed by atoms with van der Waals surface area (Å²) in [4.78, 5) is 0. The van der Waals surface area contributed by atoms with Crippen LogP contribution in [0.5, 0.6) is 0 Å². The number of hydrogen-bond acceptors (Lipinski definition) is 3. The number of nitrogens with two attached hydrogens (primary N) is 1. The Morgan fingerprint density at radius 1 is 1.40 bits per heavy atom. The Balaban J connectivity index is 2.92. The summed E-state index contributed by atoms with van der Waals surface area (Å²) < 4.78 is 24.4. The van der Waals surface area contributed by atoms with Crippen molar-refractivity contribution < 1.29 is 8.42 Å². The largest absolute Gasteiger partial charge is 0.329 e. The Labute approximate surface area is 98.7 Å². The molecule has 3 nitrogen and oxygen atoms in total. The van der Waals surface area contributed by atoms with E-state index in [2.05, 4.69) is 15.9 Å². The number of benzene rings is 1. The van der Waals surface area contributed by atoms with Gasteiger partial charge in [-0.25, -0.2) is 8.42 Å². The second kappa shape index (κ2) is 5.09. The van der Waals surface area contributed by atoms with E-state index in [9.17, 15) is 8.42 Å². The van der Waals surface area contributed by atoms with Gasteiger partial charge in [-0.3, -0.25) is 0 Å². The summed E-state index contributed by atoms with van der Waals surface area (Å²) in [6.45, 7) is 1.79. The molecule has 0 aliphatic rings. The Hall–Kier alpha value is -0.390. The molecule has 1 unspecified atom stereocenters. The highest BCUT2D eigenvalue weighted by Gasteiger charge is 2.20. The molecule has 0 spiro atoms. The quantitative estimate of drug-likeness (QED) is 0.919. The van der Waals surface area contributed by atoms with Crippen LogP contribution in [0.3, 0.4) is 0 Å². The smallest absolute Gasteiger partial charge is 0.158 e. The Morgan fingerprint density at radius 3 is 2.53 bits per heavy atom. The molecule has 1 rings (SSSR count). The lowest BCUT2D eigenvalue weighted by molar-refractivity contribution is 0.583. The molecule has 0 aromatic heterocycles. The average molecular weight is 292 g/mol. The van der Waals surface area contributed by atoms with Gasteiger partial charge in [-0.15, -0.1) is 0 Å². The first-order valence-corrected chi connectivity index (χ1v) is 7.13. The molecule has 0 amide bonds. The van der Waals surface area contributed by atoms with Gasteiger partial charge in [-0.1, -0.05) is 34.1 Å². The van der Waals surface area contributed by atoms with E-state index in [1.807, 2.05) is 18.2 Å². The van der Waals surface area contributed by atoms with Gasteiger partial charge < -0.3 is 5.73 Å².